The molecule has 1 saturated heterocycles. The Morgan fingerprint density at radius 3 is 2.25 bits per heavy atom. The van der Waals surface area contributed by atoms with Gasteiger partial charge in [-0.15, -0.1) is 12.4 Å². The predicted molar refractivity (Wildman–Crippen MR) is 85.5 cm³/mol. The molecule has 112 valence electrons. The van der Waals surface area contributed by atoms with Crippen LogP contribution in [0.25, 0.3) is 0 Å². The van der Waals surface area contributed by atoms with Crippen LogP contribution in [-0.2, 0) is 0 Å². The lowest BCUT2D eigenvalue weighted by atomic mass is 9.83. The van der Waals surface area contributed by atoms with Crippen LogP contribution in [0, 0.1) is 0 Å². The quantitative estimate of drug-likeness (QED) is 0.885. The highest BCUT2D eigenvalue weighted by atomic mass is 35.5. The lowest BCUT2D eigenvalue weighted by Crippen LogP contribution is -2.28. The summed E-state index contributed by atoms with van der Waals surface area (Å²) in [6, 6.07) is 9.00. The van der Waals surface area contributed by atoms with E-state index in [4.69, 9.17) is 0 Å². The summed E-state index contributed by atoms with van der Waals surface area (Å²) in [5.41, 5.74) is 2.54. The van der Waals surface area contributed by atoms with Crippen molar-refractivity contribution < 1.29 is 5.11 Å². The molecule has 0 amide bonds. The molecule has 2 fully saturated rings. The van der Waals surface area contributed by atoms with E-state index >= 15 is 0 Å². The van der Waals surface area contributed by atoms with Crippen molar-refractivity contribution in [3.05, 3.63) is 35.4 Å². The van der Waals surface area contributed by atoms with Crippen LogP contribution in [0.15, 0.2) is 24.3 Å². The van der Waals surface area contributed by atoms with Crippen LogP contribution in [0.3, 0.4) is 0 Å². The first-order valence-electron chi connectivity index (χ1n) is 7.86. The Labute approximate surface area is 128 Å². The van der Waals surface area contributed by atoms with Crippen LogP contribution in [0.4, 0.5) is 0 Å². The van der Waals surface area contributed by atoms with E-state index in [1.807, 2.05) is 0 Å². The minimum atomic E-state index is -0.345. The first-order valence-corrected chi connectivity index (χ1v) is 7.86. The second-order valence-corrected chi connectivity index (χ2v) is 6.15. The molecule has 1 aliphatic heterocycles. The maximum Gasteiger partial charge on any atom is 0.0942 e. The van der Waals surface area contributed by atoms with Gasteiger partial charge in [0.05, 0.1) is 6.10 Å². The normalized spacial score (nSPS) is 25.1. The molecule has 1 aliphatic carbocycles. The molecule has 3 rings (SSSR count). The first kappa shape index (κ1) is 15.8. The fourth-order valence-electron chi connectivity index (χ4n) is 3.61. The van der Waals surface area contributed by atoms with Gasteiger partial charge in [0.15, 0.2) is 0 Å². The van der Waals surface area contributed by atoms with E-state index < -0.39 is 0 Å². The van der Waals surface area contributed by atoms with E-state index in [1.54, 1.807) is 0 Å². The SMILES string of the molecule is Cl.O[C@H](c1ccc(C2CCCCC2)cc1)[C@@H]1CCCN1. The zero-order chi connectivity index (χ0) is 13.1. The number of rotatable bonds is 3. The van der Waals surface area contributed by atoms with Gasteiger partial charge in [0.25, 0.3) is 0 Å². The van der Waals surface area contributed by atoms with Gasteiger partial charge in [-0.05, 0) is 49.3 Å². The van der Waals surface area contributed by atoms with E-state index in [9.17, 15) is 5.11 Å². The third-order valence-corrected chi connectivity index (χ3v) is 4.83. The van der Waals surface area contributed by atoms with Crippen molar-refractivity contribution in [2.45, 2.75) is 63.0 Å². The Hall–Kier alpha value is -0.570. The standard InChI is InChI=1S/C17H25NO.ClH/c19-17(16-7-4-12-18-16)15-10-8-14(9-11-15)13-5-2-1-3-6-13;/h8-11,13,16-19H,1-7,12H2;1H/t16-,17+;/m0./s1. The third kappa shape index (κ3) is 3.55. The van der Waals surface area contributed by atoms with E-state index in [1.165, 1.54) is 44.1 Å². The summed E-state index contributed by atoms with van der Waals surface area (Å²) in [6.45, 7) is 1.04. The lowest BCUT2D eigenvalue weighted by molar-refractivity contribution is 0.137. The summed E-state index contributed by atoms with van der Waals surface area (Å²) < 4.78 is 0. The highest BCUT2D eigenvalue weighted by Gasteiger charge is 2.24. The van der Waals surface area contributed by atoms with E-state index in [0.29, 0.717) is 0 Å². The van der Waals surface area contributed by atoms with Crippen molar-refractivity contribution in [3.8, 4) is 0 Å². The molecule has 0 radical (unpaired) electrons. The molecule has 0 aromatic heterocycles. The molecule has 0 unspecified atom stereocenters. The van der Waals surface area contributed by atoms with Crippen molar-refractivity contribution in [1.29, 1.82) is 0 Å². The molecule has 0 bridgehead atoms. The molecule has 1 saturated carbocycles. The molecule has 2 N–H and O–H groups in total. The van der Waals surface area contributed by atoms with E-state index in [2.05, 4.69) is 29.6 Å². The Morgan fingerprint density at radius 2 is 1.65 bits per heavy atom. The zero-order valence-corrected chi connectivity index (χ0v) is 12.9. The largest absolute Gasteiger partial charge is 0.387 e. The number of aliphatic hydroxyl groups is 1. The number of hydrogen-bond acceptors (Lipinski definition) is 2. The zero-order valence-electron chi connectivity index (χ0n) is 12.1. The number of benzene rings is 1. The Morgan fingerprint density at radius 1 is 0.950 bits per heavy atom. The molecule has 1 aromatic carbocycles. The van der Waals surface area contributed by atoms with Crippen LogP contribution in [0.2, 0.25) is 0 Å². The number of aliphatic hydroxyl groups excluding tert-OH is 1. The fourth-order valence-corrected chi connectivity index (χ4v) is 3.61. The summed E-state index contributed by atoms with van der Waals surface area (Å²) >= 11 is 0. The van der Waals surface area contributed by atoms with E-state index in [0.717, 1.165) is 24.4 Å². The highest BCUT2D eigenvalue weighted by Crippen LogP contribution is 2.33. The van der Waals surface area contributed by atoms with Crippen molar-refractivity contribution in [3.63, 3.8) is 0 Å². The van der Waals surface area contributed by atoms with Crippen LogP contribution in [-0.4, -0.2) is 17.7 Å². The molecule has 2 atom stereocenters. The molecule has 3 heteroatoms. The van der Waals surface area contributed by atoms with Crippen LogP contribution < -0.4 is 5.32 Å². The summed E-state index contributed by atoms with van der Waals surface area (Å²) in [4.78, 5) is 0. The molecular formula is C17H26ClNO. The highest BCUT2D eigenvalue weighted by molar-refractivity contribution is 5.85. The summed E-state index contributed by atoms with van der Waals surface area (Å²) in [5, 5.41) is 13.7. The molecule has 2 aliphatic rings. The average molecular weight is 296 g/mol. The minimum absolute atomic E-state index is 0. The fraction of sp³-hybridized carbons (Fsp3) is 0.647. The van der Waals surface area contributed by atoms with Gasteiger partial charge in [-0.1, -0.05) is 43.5 Å². The molecule has 1 aromatic rings. The second kappa shape index (κ2) is 7.44. The Balaban J connectivity index is 0.00000147. The van der Waals surface area contributed by atoms with Gasteiger partial charge in [-0.25, -0.2) is 0 Å². The van der Waals surface area contributed by atoms with Crippen LogP contribution in [0.5, 0.6) is 0 Å². The van der Waals surface area contributed by atoms with Crippen molar-refractivity contribution >= 4 is 12.4 Å². The molecule has 20 heavy (non-hydrogen) atoms. The molecular weight excluding hydrogens is 270 g/mol. The number of nitrogens with one attached hydrogen (secondary N) is 1. The van der Waals surface area contributed by atoms with Gasteiger partial charge >= 0.3 is 0 Å². The molecule has 0 spiro atoms. The van der Waals surface area contributed by atoms with Gasteiger partial charge in [0, 0.05) is 6.04 Å². The summed E-state index contributed by atoms with van der Waals surface area (Å²) in [7, 11) is 0. The minimum Gasteiger partial charge on any atom is -0.387 e. The van der Waals surface area contributed by atoms with Gasteiger partial charge in [0.2, 0.25) is 0 Å². The predicted octanol–water partition coefficient (Wildman–Crippen LogP) is 3.94. The van der Waals surface area contributed by atoms with Gasteiger partial charge in [0.1, 0.15) is 0 Å². The van der Waals surface area contributed by atoms with Gasteiger partial charge in [-0.2, -0.15) is 0 Å². The lowest BCUT2D eigenvalue weighted by Gasteiger charge is -2.23. The maximum absolute atomic E-state index is 10.4. The number of halogens is 1. The smallest absolute Gasteiger partial charge is 0.0942 e. The second-order valence-electron chi connectivity index (χ2n) is 6.15. The van der Waals surface area contributed by atoms with Crippen molar-refractivity contribution in [1.82, 2.24) is 5.32 Å². The van der Waals surface area contributed by atoms with E-state index in [-0.39, 0.29) is 24.6 Å². The maximum atomic E-state index is 10.4. The van der Waals surface area contributed by atoms with Crippen LogP contribution >= 0.6 is 12.4 Å². The third-order valence-electron chi connectivity index (χ3n) is 4.83. The van der Waals surface area contributed by atoms with Crippen molar-refractivity contribution in [2.75, 3.05) is 6.54 Å². The van der Waals surface area contributed by atoms with Crippen molar-refractivity contribution in [2.24, 2.45) is 0 Å². The summed E-state index contributed by atoms with van der Waals surface area (Å²) in [5.74, 6) is 0.754. The molecule has 2 nitrogen and oxygen atoms in total. The molecule has 1 heterocycles. The average Bonchev–Trinajstić information content (AvgIpc) is 3.02. The van der Waals surface area contributed by atoms with Crippen LogP contribution in [0.1, 0.15) is 68.1 Å². The Kier molecular flexibility index (Phi) is 5.88. The Bertz CT molecular complexity index is 394. The van der Waals surface area contributed by atoms with Gasteiger partial charge in [-0.3, -0.25) is 0 Å². The monoisotopic (exact) mass is 295 g/mol. The van der Waals surface area contributed by atoms with Gasteiger partial charge < -0.3 is 10.4 Å². The topological polar surface area (TPSA) is 32.3 Å². The summed E-state index contributed by atoms with van der Waals surface area (Å²) in [6.07, 6.45) is 8.76. The first-order chi connectivity index (χ1) is 9.34. The number of hydrogen-bond donors (Lipinski definition) is 2.